The van der Waals surface area contributed by atoms with Crippen LogP contribution in [0.15, 0.2) is 24.3 Å². The third-order valence-electron chi connectivity index (χ3n) is 2.28. The Balaban J connectivity index is 2.00. The van der Waals surface area contributed by atoms with Gasteiger partial charge in [-0.2, -0.15) is 0 Å². The van der Waals surface area contributed by atoms with E-state index in [2.05, 4.69) is 0 Å². The van der Waals surface area contributed by atoms with Crippen LogP contribution >= 0.6 is 0 Å². The molecule has 3 nitrogen and oxygen atoms in total. The van der Waals surface area contributed by atoms with Crippen molar-refractivity contribution < 1.29 is 14.6 Å². The summed E-state index contributed by atoms with van der Waals surface area (Å²) >= 11 is 0. The van der Waals surface area contributed by atoms with E-state index in [1.54, 1.807) is 0 Å². The SMILES string of the molecule is CCOc1ccc(C2OC2CO)cc1. The van der Waals surface area contributed by atoms with Crippen molar-refractivity contribution in [1.29, 1.82) is 0 Å². The average Bonchev–Trinajstić information content (AvgIpc) is 2.99. The molecule has 1 aliphatic heterocycles. The predicted octanol–water partition coefficient (Wildman–Crippen LogP) is 1.52. The van der Waals surface area contributed by atoms with Crippen molar-refractivity contribution in [2.24, 2.45) is 0 Å². The van der Waals surface area contributed by atoms with Gasteiger partial charge >= 0.3 is 0 Å². The lowest BCUT2D eigenvalue weighted by Crippen LogP contribution is -1.95. The smallest absolute Gasteiger partial charge is 0.119 e. The number of ether oxygens (including phenoxy) is 2. The van der Waals surface area contributed by atoms with Crippen LogP contribution in [0.5, 0.6) is 5.75 Å². The second-order valence-electron chi connectivity index (χ2n) is 3.28. The second kappa shape index (κ2) is 3.98. The molecule has 0 aromatic heterocycles. The summed E-state index contributed by atoms with van der Waals surface area (Å²) in [5.41, 5.74) is 1.10. The Morgan fingerprint density at radius 1 is 1.36 bits per heavy atom. The molecule has 1 aromatic rings. The van der Waals surface area contributed by atoms with Gasteiger partial charge in [-0.05, 0) is 24.6 Å². The van der Waals surface area contributed by atoms with E-state index in [1.165, 1.54) is 0 Å². The first-order chi connectivity index (χ1) is 6.85. The van der Waals surface area contributed by atoms with E-state index in [0.717, 1.165) is 11.3 Å². The predicted molar refractivity (Wildman–Crippen MR) is 52.3 cm³/mol. The van der Waals surface area contributed by atoms with Crippen LogP contribution < -0.4 is 4.74 Å². The van der Waals surface area contributed by atoms with Crippen LogP contribution in [-0.4, -0.2) is 24.4 Å². The third kappa shape index (κ3) is 1.89. The number of hydrogen-bond donors (Lipinski definition) is 1. The highest BCUT2D eigenvalue weighted by Crippen LogP contribution is 2.38. The second-order valence-corrected chi connectivity index (χ2v) is 3.28. The molecule has 2 rings (SSSR count). The Labute approximate surface area is 83.3 Å². The molecule has 0 amide bonds. The van der Waals surface area contributed by atoms with Crippen molar-refractivity contribution in [3.8, 4) is 5.75 Å². The molecule has 1 N–H and O–H groups in total. The molecule has 3 heteroatoms. The highest BCUT2D eigenvalue weighted by Gasteiger charge is 2.39. The monoisotopic (exact) mass is 194 g/mol. The lowest BCUT2D eigenvalue weighted by molar-refractivity contribution is 0.242. The number of hydrogen-bond acceptors (Lipinski definition) is 3. The highest BCUT2D eigenvalue weighted by molar-refractivity contribution is 5.30. The maximum atomic E-state index is 8.83. The fraction of sp³-hybridized carbons (Fsp3) is 0.455. The van der Waals surface area contributed by atoms with E-state index < -0.39 is 0 Å². The number of benzene rings is 1. The van der Waals surface area contributed by atoms with Gasteiger partial charge < -0.3 is 14.6 Å². The molecule has 0 spiro atoms. The molecule has 2 unspecified atom stereocenters. The number of aliphatic hydroxyl groups excluding tert-OH is 1. The normalized spacial score (nSPS) is 24.7. The maximum Gasteiger partial charge on any atom is 0.119 e. The van der Waals surface area contributed by atoms with E-state index >= 15 is 0 Å². The molecule has 1 fully saturated rings. The van der Waals surface area contributed by atoms with Gasteiger partial charge in [0.25, 0.3) is 0 Å². The van der Waals surface area contributed by atoms with Crippen LogP contribution in [0, 0.1) is 0 Å². The minimum absolute atomic E-state index is 0.00653. The van der Waals surface area contributed by atoms with Crippen LogP contribution in [0.25, 0.3) is 0 Å². The minimum Gasteiger partial charge on any atom is -0.494 e. The van der Waals surface area contributed by atoms with Crippen LogP contribution in [0.1, 0.15) is 18.6 Å². The highest BCUT2D eigenvalue weighted by atomic mass is 16.6. The number of rotatable bonds is 4. The van der Waals surface area contributed by atoms with E-state index in [9.17, 15) is 0 Å². The van der Waals surface area contributed by atoms with Crippen molar-refractivity contribution >= 4 is 0 Å². The fourth-order valence-electron chi connectivity index (χ4n) is 1.50. The molecular formula is C11H14O3. The van der Waals surface area contributed by atoms with Crippen molar-refractivity contribution in [2.45, 2.75) is 19.1 Å². The Hall–Kier alpha value is -1.06. The molecule has 76 valence electrons. The minimum atomic E-state index is -0.00653. The van der Waals surface area contributed by atoms with Gasteiger partial charge in [0.15, 0.2) is 0 Å². The Kier molecular flexibility index (Phi) is 2.70. The molecule has 1 aliphatic rings. The lowest BCUT2D eigenvalue weighted by Gasteiger charge is -2.02. The Morgan fingerprint density at radius 3 is 2.57 bits per heavy atom. The van der Waals surface area contributed by atoms with Crippen LogP contribution in [0.3, 0.4) is 0 Å². The first-order valence-corrected chi connectivity index (χ1v) is 4.84. The van der Waals surface area contributed by atoms with Gasteiger partial charge in [0.2, 0.25) is 0 Å². The number of epoxide rings is 1. The molecule has 1 aromatic carbocycles. The molecule has 1 saturated heterocycles. The van der Waals surface area contributed by atoms with E-state index in [-0.39, 0.29) is 18.8 Å². The van der Waals surface area contributed by atoms with Gasteiger partial charge in [-0.3, -0.25) is 0 Å². The summed E-state index contributed by atoms with van der Waals surface area (Å²) in [4.78, 5) is 0. The maximum absolute atomic E-state index is 8.83. The summed E-state index contributed by atoms with van der Waals surface area (Å²) in [6.07, 6.45) is 0.0728. The quantitative estimate of drug-likeness (QED) is 0.739. The topological polar surface area (TPSA) is 42.0 Å². The van der Waals surface area contributed by atoms with Gasteiger partial charge in [-0.1, -0.05) is 12.1 Å². The largest absolute Gasteiger partial charge is 0.494 e. The molecule has 0 saturated carbocycles. The lowest BCUT2D eigenvalue weighted by atomic mass is 10.1. The summed E-state index contributed by atoms with van der Waals surface area (Å²) in [7, 11) is 0. The average molecular weight is 194 g/mol. The van der Waals surface area contributed by atoms with Crippen molar-refractivity contribution in [2.75, 3.05) is 13.2 Å². The standard InChI is InChI=1S/C11H14O3/c1-2-13-9-5-3-8(4-6-9)11-10(7-12)14-11/h3-6,10-12H,2,7H2,1H3. The molecule has 0 bridgehead atoms. The van der Waals surface area contributed by atoms with Gasteiger partial charge in [0.1, 0.15) is 18.0 Å². The molecule has 14 heavy (non-hydrogen) atoms. The van der Waals surface area contributed by atoms with E-state index in [4.69, 9.17) is 14.6 Å². The third-order valence-corrected chi connectivity index (χ3v) is 2.28. The summed E-state index contributed by atoms with van der Waals surface area (Å²) in [5, 5.41) is 8.83. The molecule has 1 heterocycles. The van der Waals surface area contributed by atoms with Crippen LogP contribution in [-0.2, 0) is 4.74 Å². The Morgan fingerprint density at radius 2 is 2.07 bits per heavy atom. The zero-order valence-electron chi connectivity index (χ0n) is 8.14. The summed E-state index contributed by atoms with van der Waals surface area (Å²) < 4.78 is 10.6. The van der Waals surface area contributed by atoms with Crippen LogP contribution in [0.2, 0.25) is 0 Å². The van der Waals surface area contributed by atoms with E-state index in [0.29, 0.717) is 6.61 Å². The van der Waals surface area contributed by atoms with Crippen molar-refractivity contribution in [1.82, 2.24) is 0 Å². The molecule has 0 aliphatic carbocycles. The summed E-state index contributed by atoms with van der Waals surface area (Å²) in [6, 6.07) is 7.81. The van der Waals surface area contributed by atoms with Gasteiger partial charge in [0.05, 0.1) is 13.2 Å². The summed E-state index contributed by atoms with van der Waals surface area (Å²) in [6.45, 7) is 2.73. The zero-order chi connectivity index (χ0) is 9.97. The fourth-order valence-corrected chi connectivity index (χ4v) is 1.50. The first-order valence-electron chi connectivity index (χ1n) is 4.84. The van der Waals surface area contributed by atoms with Gasteiger partial charge in [0, 0.05) is 0 Å². The molecular weight excluding hydrogens is 180 g/mol. The first kappa shape index (κ1) is 9.49. The van der Waals surface area contributed by atoms with E-state index in [1.807, 2.05) is 31.2 Å². The molecule has 0 radical (unpaired) electrons. The van der Waals surface area contributed by atoms with Gasteiger partial charge in [-0.25, -0.2) is 0 Å². The van der Waals surface area contributed by atoms with Crippen molar-refractivity contribution in [3.05, 3.63) is 29.8 Å². The van der Waals surface area contributed by atoms with Gasteiger partial charge in [-0.15, -0.1) is 0 Å². The zero-order valence-corrected chi connectivity index (χ0v) is 8.14. The Bertz CT molecular complexity index is 294. The van der Waals surface area contributed by atoms with Crippen LogP contribution in [0.4, 0.5) is 0 Å². The number of aliphatic hydroxyl groups is 1. The van der Waals surface area contributed by atoms with Crippen molar-refractivity contribution in [3.63, 3.8) is 0 Å². The molecule has 2 atom stereocenters. The summed E-state index contributed by atoms with van der Waals surface area (Å²) in [5.74, 6) is 0.873.